The van der Waals surface area contributed by atoms with Gasteiger partial charge in [-0.1, -0.05) is 18.2 Å². The zero-order valence-electron chi connectivity index (χ0n) is 7.81. The van der Waals surface area contributed by atoms with Gasteiger partial charge in [0.05, 0.1) is 0 Å². The van der Waals surface area contributed by atoms with E-state index in [2.05, 4.69) is 5.32 Å². The van der Waals surface area contributed by atoms with Crippen molar-refractivity contribution >= 4 is 0 Å². The maximum absolute atomic E-state index is 13.6. The quantitative estimate of drug-likeness (QED) is 0.698. The number of hydrogen-bond donors (Lipinski definition) is 1. The van der Waals surface area contributed by atoms with Gasteiger partial charge in [0.2, 0.25) is 0 Å². The van der Waals surface area contributed by atoms with Crippen LogP contribution in [0.5, 0.6) is 0 Å². The van der Waals surface area contributed by atoms with Crippen molar-refractivity contribution in [1.82, 2.24) is 5.32 Å². The van der Waals surface area contributed by atoms with Crippen LogP contribution in [0.15, 0.2) is 18.2 Å². The van der Waals surface area contributed by atoms with Crippen molar-refractivity contribution in [3.8, 4) is 0 Å². The highest BCUT2D eigenvalue weighted by atomic mass is 19.1. The second-order valence-electron chi connectivity index (χ2n) is 3.63. The molecule has 1 atom stereocenters. The monoisotopic (exact) mass is 179 g/mol. The Morgan fingerprint density at radius 2 is 2.31 bits per heavy atom. The second-order valence-corrected chi connectivity index (χ2v) is 3.63. The standard InChI is InChI=1S/C11H14FN/c1-8-4-2-5-9(11(8)12)10-6-3-7-13-10/h2,4-5,10,13H,3,6-7H2,1H3/t10-/m0/s1. The van der Waals surface area contributed by atoms with Crippen molar-refractivity contribution in [2.24, 2.45) is 0 Å². The SMILES string of the molecule is Cc1cccc([C@@H]2CCCN2)c1F. The van der Waals surface area contributed by atoms with Gasteiger partial charge in [-0.15, -0.1) is 0 Å². The fourth-order valence-electron chi connectivity index (χ4n) is 1.89. The summed E-state index contributed by atoms with van der Waals surface area (Å²) in [6.07, 6.45) is 2.21. The third-order valence-corrected chi connectivity index (χ3v) is 2.66. The zero-order valence-corrected chi connectivity index (χ0v) is 7.81. The van der Waals surface area contributed by atoms with Crippen LogP contribution in [0.2, 0.25) is 0 Å². The van der Waals surface area contributed by atoms with Crippen LogP contribution in [0, 0.1) is 12.7 Å². The lowest BCUT2D eigenvalue weighted by Crippen LogP contribution is -2.14. The van der Waals surface area contributed by atoms with Gasteiger partial charge >= 0.3 is 0 Å². The molecule has 13 heavy (non-hydrogen) atoms. The Morgan fingerprint density at radius 3 is 3.00 bits per heavy atom. The summed E-state index contributed by atoms with van der Waals surface area (Å²) < 4.78 is 13.6. The topological polar surface area (TPSA) is 12.0 Å². The average Bonchev–Trinajstić information content (AvgIpc) is 2.62. The first kappa shape index (κ1) is 8.70. The molecule has 1 heterocycles. The van der Waals surface area contributed by atoms with Crippen LogP contribution < -0.4 is 5.32 Å². The Hall–Kier alpha value is -0.890. The maximum Gasteiger partial charge on any atom is 0.130 e. The molecular weight excluding hydrogens is 165 g/mol. The van der Waals surface area contributed by atoms with E-state index >= 15 is 0 Å². The highest BCUT2D eigenvalue weighted by molar-refractivity contribution is 5.28. The number of hydrogen-bond acceptors (Lipinski definition) is 1. The van der Waals surface area contributed by atoms with Crippen molar-refractivity contribution in [1.29, 1.82) is 0 Å². The number of benzene rings is 1. The average molecular weight is 179 g/mol. The molecule has 2 rings (SSSR count). The highest BCUT2D eigenvalue weighted by Crippen LogP contribution is 2.26. The molecule has 1 aliphatic rings. The molecule has 1 nitrogen and oxygen atoms in total. The van der Waals surface area contributed by atoms with E-state index in [1.165, 1.54) is 0 Å². The van der Waals surface area contributed by atoms with E-state index in [1.807, 2.05) is 25.1 Å². The first-order valence-electron chi connectivity index (χ1n) is 4.77. The first-order chi connectivity index (χ1) is 6.29. The molecule has 70 valence electrons. The van der Waals surface area contributed by atoms with Gasteiger partial charge in [0.1, 0.15) is 5.82 Å². The van der Waals surface area contributed by atoms with E-state index < -0.39 is 0 Å². The first-order valence-corrected chi connectivity index (χ1v) is 4.77. The maximum atomic E-state index is 13.6. The van der Waals surface area contributed by atoms with E-state index in [1.54, 1.807) is 0 Å². The summed E-state index contributed by atoms with van der Waals surface area (Å²) in [5, 5.41) is 3.30. The molecule has 0 saturated carbocycles. The molecule has 0 aliphatic carbocycles. The van der Waals surface area contributed by atoms with Gasteiger partial charge in [0, 0.05) is 11.6 Å². The molecule has 1 saturated heterocycles. The summed E-state index contributed by atoms with van der Waals surface area (Å²) in [5.41, 5.74) is 1.57. The smallest absolute Gasteiger partial charge is 0.130 e. The van der Waals surface area contributed by atoms with Crippen LogP contribution in [0.25, 0.3) is 0 Å². The van der Waals surface area contributed by atoms with Gasteiger partial charge in [0.25, 0.3) is 0 Å². The molecule has 1 fully saturated rings. The summed E-state index contributed by atoms with van der Waals surface area (Å²) in [6, 6.07) is 5.85. The van der Waals surface area contributed by atoms with Crippen molar-refractivity contribution in [3.63, 3.8) is 0 Å². The third-order valence-electron chi connectivity index (χ3n) is 2.66. The van der Waals surface area contributed by atoms with Gasteiger partial charge in [-0.05, 0) is 31.9 Å². The molecular formula is C11H14FN. The molecule has 0 radical (unpaired) electrons. The summed E-state index contributed by atoms with van der Waals surface area (Å²) in [7, 11) is 0. The fourth-order valence-corrected chi connectivity index (χ4v) is 1.89. The molecule has 0 amide bonds. The minimum absolute atomic E-state index is 0.0399. The van der Waals surface area contributed by atoms with Gasteiger partial charge < -0.3 is 5.32 Å². The summed E-state index contributed by atoms with van der Waals surface area (Å²) in [6.45, 7) is 2.83. The normalized spacial score (nSPS) is 22.2. The third kappa shape index (κ3) is 1.59. The zero-order chi connectivity index (χ0) is 9.26. The molecule has 0 aromatic heterocycles. The van der Waals surface area contributed by atoms with Crippen LogP contribution in [0.4, 0.5) is 4.39 Å². The van der Waals surface area contributed by atoms with Crippen molar-refractivity contribution in [2.75, 3.05) is 6.54 Å². The van der Waals surface area contributed by atoms with Gasteiger partial charge in [-0.3, -0.25) is 0 Å². The van der Waals surface area contributed by atoms with Crippen molar-refractivity contribution in [3.05, 3.63) is 35.1 Å². The van der Waals surface area contributed by atoms with E-state index in [9.17, 15) is 4.39 Å². The highest BCUT2D eigenvalue weighted by Gasteiger charge is 2.19. The Bertz CT molecular complexity index is 303. The Balaban J connectivity index is 2.33. The van der Waals surface area contributed by atoms with E-state index in [4.69, 9.17) is 0 Å². The molecule has 1 aromatic carbocycles. The van der Waals surface area contributed by atoms with Gasteiger partial charge in [0.15, 0.2) is 0 Å². The lowest BCUT2D eigenvalue weighted by molar-refractivity contribution is 0.553. The van der Waals surface area contributed by atoms with Crippen molar-refractivity contribution in [2.45, 2.75) is 25.8 Å². The minimum Gasteiger partial charge on any atom is -0.310 e. The number of halogens is 1. The van der Waals surface area contributed by atoms with Crippen LogP contribution >= 0.6 is 0 Å². The lowest BCUT2D eigenvalue weighted by atomic mass is 10.0. The molecule has 0 bridgehead atoms. The largest absolute Gasteiger partial charge is 0.310 e. The molecule has 1 aliphatic heterocycles. The van der Waals surface area contributed by atoms with E-state index in [-0.39, 0.29) is 11.9 Å². The van der Waals surface area contributed by atoms with E-state index in [0.29, 0.717) is 0 Å². The predicted molar refractivity (Wildman–Crippen MR) is 51.1 cm³/mol. The molecule has 1 N–H and O–H groups in total. The summed E-state index contributed by atoms with van der Waals surface area (Å²) >= 11 is 0. The predicted octanol–water partition coefficient (Wildman–Crippen LogP) is 2.56. The summed E-state index contributed by atoms with van der Waals surface area (Å²) in [4.78, 5) is 0. The number of aryl methyl sites for hydroxylation is 1. The van der Waals surface area contributed by atoms with Crippen LogP contribution in [0.3, 0.4) is 0 Å². The minimum atomic E-state index is -0.0399. The fraction of sp³-hybridized carbons (Fsp3) is 0.455. The Morgan fingerprint density at radius 1 is 1.46 bits per heavy atom. The lowest BCUT2D eigenvalue weighted by Gasteiger charge is -2.12. The molecule has 1 aromatic rings. The van der Waals surface area contributed by atoms with Gasteiger partial charge in [-0.25, -0.2) is 4.39 Å². The van der Waals surface area contributed by atoms with Crippen LogP contribution in [-0.4, -0.2) is 6.54 Å². The van der Waals surface area contributed by atoms with Gasteiger partial charge in [-0.2, -0.15) is 0 Å². The summed E-state index contributed by atoms with van der Waals surface area (Å²) in [5.74, 6) is -0.0399. The Labute approximate surface area is 78.0 Å². The van der Waals surface area contributed by atoms with E-state index in [0.717, 1.165) is 30.5 Å². The molecule has 0 unspecified atom stereocenters. The second kappa shape index (κ2) is 3.46. The molecule has 2 heteroatoms. The van der Waals surface area contributed by atoms with Crippen LogP contribution in [-0.2, 0) is 0 Å². The number of rotatable bonds is 1. The number of nitrogens with one attached hydrogen (secondary N) is 1. The van der Waals surface area contributed by atoms with Crippen molar-refractivity contribution < 1.29 is 4.39 Å². The molecule has 0 spiro atoms. The van der Waals surface area contributed by atoms with Crippen LogP contribution in [0.1, 0.15) is 30.0 Å². The Kier molecular flexibility index (Phi) is 2.32.